The van der Waals surface area contributed by atoms with Crippen LogP contribution in [-0.4, -0.2) is 17.4 Å². The molecule has 0 aliphatic heterocycles. The summed E-state index contributed by atoms with van der Waals surface area (Å²) in [4.78, 5) is 27.5. The van der Waals surface area contributed by atoms with Crippen molar-refractivity contribution < 1.29 is 9.59 Å². The molecular formula is C17H10BrNO2. The molecule has 0 unspecified atom stereocenters. The Morgan fingerprint density at radius 2 is 1.76 bits per heavy atom. The van der Waals surface area contributed by atoms with Crippen molar-refractivity contribution in [2.24, 2.45) is 4.99 Å². The number of ketones is 1. The summed E-state index contributed by atoms with van der Waals surface area (Å²) in [6.07, 6.45) is 4.46. The fraction of sp³-hybridized carbons (Fsp3) is 0. The molecule has 2 aromatic carbocycles. The molecule has 1 amide bonds. The third-order valence-corrected chi connectivity index (χ3v) is 3.76. The molecule has 1 aliphatic carbocycles. The van der Waals surface area contributed by atoms with Crippen LogP contribution >= 0.6 is 15.9 Å². The predicted octanol–water partition coefficient (Wildman–Crippen LogP) is 3.84. The Kier molecular flexibility index (Phi) is 3.62. The molecule has 3 rings (SSSR count). The Morgan fingerprint density at radius 1 is 1.00 bits per heavy atom. The Hall–Kier alpha value is -2.33. The number of carbonyl (C=O) groups is 2. The van der Waals surface area contributed by atoms with Crippen LogP contribution < -0.4 is 0 Å². The Labute approximate surface area is 129 Å². The third kappa shape index (κ3) is 2.90. The average molecular weight is 340 g/mol. The van der Waals surface area contributed by atoms with Crippen LogP contribution in [0.15, 0.2) is 70.2 Å². The number of allylic oxidation sites excluding steroid dienone is 4. The van der Waals surface area contributed by atoms with Gasteiger partial charge in [0.2, 0.25) is 0 Å². The lowest BCUT2D eigenvalue weighted by Gasteiger charge is -2.03. The zero-order chi connectivity index (χ0) is 14.8. The number of carbonyl (C=O) groups excluding carboxylic acids is 2. The number of amides is 1. The van der Waals surface area contributed by atoms with Gasteiger partial charge in [0.15, 0.2) is 5.78 Å². The van der Waals surface area contributed by atoms with Gasteiger partial charge in [-0.2, -0.15) is 0 Å². The molecule has 0 saturated carbocycles. The van der Waals surface area contributed by atoms with Crippen molar-refractivity contribution in [3.8, 4) is 0 Å². The highest BCUT2D eigenvalue weighted by Gasteiger charge is 2.11. The molecule has 2 aromatic rings. The van der Waals surface area contributed by atoms with Gasteiger partial charge in [-0.05, 0) is 57.1 Å². The van der Waals surface area contributed by atoms with Crippen molar-refractivity contribution in [2.45, 2.75) is 0 Å². The molecular weight excluding hydrogens is 330 g/mol. The summed E-state index contributed by atoms with van der Waals surface area (Å²) in [5, 5.41) is 2.07. The fourth-order valence-corrected chi connectivity index (χ4v) is 2.43. The van der Waals surface area contributed by atoms with Gasteiger partial charge in [-0.25, -0.2) is 4.99 Å². The molecule has 21 heavy (non-hydrogen) atoms. The quantitative estimate of drug-likeness (QED) is 0.741. The fourth-order valence-electron chi connectivity index (χ4n) is 2.06. The molecule has 3 nitrogen and oxygen atoms in total. The first-order chi connectivity index (χ1) is 10.1. The molecule has 0 radical (unpaired) electrons. The SMILES string of the molecule is O=C1C=CC(=NC(=O)c2ccc3ccccc3c2)C=C1Br. The van der Waals surface area contributed by atoms with Crippen LogP contribution in [0.3, 0.4) is 0 Å². The standard InChI is InChI=1S/C17H10BrNO2/c18-15-10-14(7-8-16(15)20)19-17(21)13-6-5-11-3-1-2-4-12(11)9-13/h1-10H. The lowest BCUT2D eigenvalue weighted by Crippen LogP contribution is -2.06. The van der Waals surface area contributed by atoms with Crippen molar-refractivity contribution in [1.29, 1.82) is 0 Å². The lowest BCUT2D eigenvalue weighted by molar-refractivity contribution is -0.110. The van der Waals surface area contributed by atoms with Crippen LogP contribution in [0.1, 0.15) is 10.4 Å². The van der Waals surface area contributed by atoms with E-state index in [0.29, 0.717) is 15.8 Å². The molecule has 0 aromatic heterocycles. The lowest BCUT2D eigenvalue weighted by atomic mass is 10.1. The Morgan fingerprint density at radius 3 is 2.52 bits per heavy atom. The van der Waals surface area contributed by atoms with Gasteiger partial charge in [-0.1, -0.05) is 30.3 Å². The smallest absolute Gasteiger partial charge is 0.277 e. The molecule has 0 N–H and O–H groups in total. The van der Waals surface area contributed by atoms with Crippen molar-refractivity contribution in [3.63, 3.8) is 0 Å². The monoisotopic (exact) mass is 339 g/mol. The van der Waals surface area contributed by atoms with E-state index in [9.17, 15) is 9.59 Å². The maximum Gasteiger partial charge on any atom is 0.277 e. The van der Waals surface area contributed by atoms with Crippen molar-refractivity contribution in [1.82, 2.24) is 0 Å². The van der Waals surface area contributed by atoms with Gasteiger partial charge in [0, 0.05) is 5.56 Å². The first-order valence-electron chi connectivity index (χ1n) is 6.35. The molecule has 4 heteroatoms. The number of aliphatic imine (C=N–C) groups is 1. The Bertz CT molecular complexity index is 847. The number of nitrogens with zero attached hydrogens (tertiary/aromatic N) is 1. The number of halogens is 1. The summed E-state index contributed by atoms with van der Waals surface area (Å²) < 4.78 is 0.398. The van der Waals surface area contributed by atoms with Gasteiger partial charge in [0.25, 0.3) is 5.91 Å². The van der Waals surface area contributed by atoms with Gasteiger partial charge < -0.3 is 0 Å². The second kappa shape index (κ2) is 5.58. The van der Waals surface area contributed by atoms with Crippen molar-refractivity contribution in [3.05, 3.63) is 70.7 Å². The molecule has 0 bridgehead atoms. The van der Waals surface area contributed by atoms with Crippen LogP contribution in [0.25, 0.3) is 10.8 Å². The minimum Gasteiger partial charge on any atom is -0.289 e. The van der Waals surface area contributed by atoms with E-state index in [-0.39, 0.29) is 11.7 Å². The van der Waals surface area contributed by atoms with E-state index in [4.69, 9.17) is 0 Å². The summed E-state index contributed by atoms with van der Waals surface area (Å²) in [7, 11) is 0. The molecule has 0 spiro atoms. The topological polar surface area (TPSA) is 46.5 Å². The first kappa shape index (κ1) is 13.6. The van der Waals surface area contributed by atoms with Crippen LogP contribution in [0.5, 0.6) is 0 Å². The van der Waals surface area contributed by atoms with Crippen LogP contribution in [-0.2, 0) is 4.79 Å². The van der Waals surface area contributed by atoms with Crippen molar-refractivity contribution >= 4 is 44.1 Å². The van der Waals surface area contributed by atoms with Crippen LogP contribution in [0.4, 0.5) is 0 Å². The largest absolute Gasteiger partial charge is 0.289 e. The molecule has 0 heterocycles. The van der Waals surface area contributed by atoms with E-state index in [2.05, 4.69) is 20.9 Å². The molecule has 102 valence electrons. The molecule has 0 fully saturated rings. The second-order valence-corrected chi connectivity index (χ2v) is 5.45. The van der Waals surface area contributed by atoms with Gasteiger partial charge >= 0.3 is 0 Å². The second-order valence-electron chi connectivity index (χ2n) is 4.59. The zero-order valence-corrected chi connectivity index (χ0v) is 12.5. The minimum absolute atomic E-state index is 0.132. The van der Waals surface area contributed by atoms with E-state index in [1.807, 2.05) is 36.4 Å². The van der Waals surface area contributed by atoms with Crippen LogP contribution in [0, 0.1) is 0 Å². The maximum absolute atomic E-state index is 12.2. The van der Waals surface area contributed by atoms with Gasteiger partial charge in [0.1, 0.15) is 0 Å². The Balaban J connectivity index is 1.94. The summed E-state index contributed by atoms with van der Waals surface area (Å²) in [5.41, 5.74) is 0.982. The maximum atomic E-state index is 12.2. The predicted molar refractivity (Wildman–Crippen MR) is 86.9 cm³/mol. The average Bonchev–Trinajstić information content (AvgIpc) is 2.50. The molecule has 0 atom stereocenters. The number of benzene rings is 2. The summed E-state index contributed by atoms with van der Waals surface area (Å²) in [5.74, 6) is -0.460. The molecule has 1 aliphatic rings. The summed E-state index contributed by atoms with van der Waals surface area (Å²) in [6.45, 7) is 0. The van der Waals surface area contributed by atoms with Gasteiger partial charge in [-0.15, -0.1) is 0 Å². The van der Waals surface area contributed by atoms with Crippen molar-refractivity contribution in [2.75, 3.05) is 0 Å². The number of hydrogen-bond donors (Lipinski definition) is 0. The van der Waals surface area contributed by atoms with Gasteiger partial charge in [0.05, 0.1) is 10.2 Å². The zero-order valence-electron chi connectivity index (χ0n) is 10.9. The summed E-state index contributed by atoms with van der Waals surface area (Å²) in [6, 6.07) is 13.3. The van der Waals surface area contributed by atoms with E-state index >= 15 is 0 Å². The van der Waals surface area contributed by atoms with E-state index in [1.165, 1.54) is 12.2 Å². The highest BCUT2D eigenvalue weighted by Crippen LogP contribution is 2.17. The number of rotatable bonds is 1. The first-order valence-corrected chi connectivity index (χ1v) is 7.14. The van der Waals surface area contributed by atoms with Gasteiger partial charge in [-0.3, -0.25) is 9.59 Å². The highest BCUT2D eigenvalue weighted by molar-refractivity contribution is 9.12. The highest BCUT2D eigenvalue weighted by atomic mass is 79.9. The summed E-state index contributed by atoms with van der Waals surface area (Å²) >= 11 is 3.14. The third-order valence-electron chi connectivity index (χ3n) is 3.14. The number of fused-ring (bicyclic) bond motifs is 1. The van der Waals surface area contributed by atoms with E-state index in [0.717, 1.165) is 10.8 Å². The van der Waals surface area contributed by atoms with Crippen LogP contribution in [0.2, 0.25) is 0 Å². The van der Waals surface area contributed by atoms with E-state index < -0.39 is 0 Å². The normalized spacial score (nSPS) is 16.3. The molecule has 0 saturated heterocycles. The van der Waals surface area contributed by atoms with E-state index in [1.54, 1.807) is 12.1 Å². The number of hydrogen-bond acceptors (Lipinski definition) is 2. The minimum atomic E-state index is -0.327.